The largest absolute Gasteiger partial charge is 0.493 e. The van der Waals surface area contributed by atoms with Crippen molar-refractivity contribution in [3.8, 4) is 11.5 Å². The fraction of sp³-hybridized carbons (Fsp3) is 0.533. The summed E-state index contributed by atoms with van der Waals surface area (Å²) in [6.45, 7) is 0. The normalized spacial score (nSPS) is 16.4. The monoisotopic (exact) mass is 282 g/mol. The first-order valence-electron chi connectivity index (χ1n) is 6.55. The van der Waals surface area contributed by atoms with Crippen molar-refractivity contribution in [3.63, 3.8) is 0 Å². The van der Waals surface area contributed by atoms with Gasteiger partial charge in [0.2, 0.25) is 0 Å². The lowest BCUT2D eigenvalue weighted by Gasteiger charge is -2.40. The first-order valence-corrected chi connectivity index (χ1v) is 6.55. The summed E-state index contributed by atoms with van der Waals surface area (Å²) in [6.07, 6.45) is 2.90. The third-order valence-electron chi connectivity index (χ3n) is 3.95. The summed E-state index contributed by atoms with van der Waals surface area (Å²) < 4.78 is 29.5. The minimum absolute atomic E-state index is 0.0194. The summed E-state index contributed by atoms with van der Waals surface area (Å²) in [5.41, 5.74) is -0.401. The van der Waals surface area contributed by atoms with Gasteiger partial charge in [0.15, 0.2) is 17.3 Å². The van der Waals surface area contributed by atoms with E-state index in [-0.39, 0.29) is 23.5 Å². The number of hydrogen-bond donors (Lipinski definition) is 0. The Morgan fingerprint density at radius 3 is 2.25 bits per heavy atom. The Kier molecular flexibility index (Phi) is 4.28. The Labute approximate surface area is 117 Å². The van der Waals surface area contributed by atoms with Crippen molar-refractivity contribution in [2.75, 3.05) is 21.3 Å². The minimum atomic E-state index is -0.599. The Morgan fingerprint density at radius 2 is 1.80 bits per heavy atom. The van der Waals surface area contributed by atoms with Crippen LogP contribution in [0.5, 0.6) is 11.5 Å². The molecular weight excluding hydrogens is 263 g/mol. The van der Waals surface area contributed by atoms with Gasteiger partial charge in [-0.25, -0.2) is 4.39 Å². The van der Waals surface area contributed by atoms with Crippen molar-refractivity contribution >= 4 is 5.78 Å². The number of methoxy groups -OCH3 is 3. The molecule has 5 heteroatoms. The van der Waals surface area contributed by atoms with E-state index in [2.05, 4.69) is 0 Å². The minimum Gasteiger partial charge on any atom is -0.493 e. The highest BCUT2D eigenvalue weighted by atomic mass is 19.1. The molecule has 110 valence electrons. The number of halogens is 1. The Balaban J connectivity index is 2.25. The van der Waals surface area contributed by atoms with Crippen LogP contribution in [0.25, 0.3) is 0 Å². The highest BCUT2D eigenvalue weighted by Crippen LogP contribution is 2.39. The zero-order valence-electron chi connectivity index (χ0n) is 12.0. The second-order valence-electron chi connectivity index (χ2n) is 5.03. The molecule has 20 heavy (non-hydrogen) atoms. The molecule has 0 spiro atoms. The Bertz CT molecular complexity index is 503. The van der Waals surface area contributed by atoms with Crippen LogP contribution in [0.3, 0.4) is 0 Å². The van der Waals surface area contributed by atoms with Crippen LogP contribution in [0.1, 0.15) is 36.0 Å². The summed E-state index contributed by atoms with van der Waals surface area (Å²) >= 11 is 0. The van der Waals surface area contributed by atoms with Crippen LogP contribution in [0, 0.1) is 5.82 Å². The predicted molar refractivity (Wildman–Crippen MR) is 72.0 cm³/mol. The van der Waals surface area contributed by atoms with Gasteiger partial charge in [-0.3, -0.25) is 4.79 Å². The lowest BCUT2D eigenvalue weighted by molar-refractivity contribution is -0.0705. The van der Waals surface area contributed by atoms with E-state index in [1.165, 1.54) is 26.4 Å². The van der Waals surface area contributed by atoms with E-state index < -0.39 is 11.4 Å². The zero-order chi connectivity index (χ0) is 14.8. The summed E-state index contributed by atoms with van der Waals surface area (Å²) in [5, 5.41) is 0. The SMILES string of the molecule is COc1cc(F)c(C(=O)CC2(OC)CCC2)cc1OC. The molecule has 0 atom stereocenters. The van der Waals surface area contributed by atoms with E-state index >= 15 is 0 Å². The molecule has 0 N–H and O–H groups in total. The van der Waals surface area contributed by atoms with Gasteiger partial charge in [-0.1, -0.05) is 0 Å². The van der Waals surface area contributed by atoms with Gasteiger partial charge in [0.1, 0.15) is 5.82 Å². The number of rotatable bonds is 6. The van der Waals surface area contributed by atoms with Crippen LogP contribution in [0.4, 0.5) is 4.39 Å². The molecule has 0 bridgehead atoms. The molecule has 1 aliphatic carbocycles. The zero-order valence-corrected chi connectivity index (χ0v) is 12.0. The second-order valence-corrected chi connectivity index (χ2v) is 5.03. The topological polar surface area (TPSA) is 44.8 Å². The molecule has 1 saturated carbocycles. The van der Waals surface area contributed by atoms with Crippen LogP contribution in [0.2, 0.25) is 0 Å². The second kappa shape index (κ2) is 5.79. The van der Waals surface area contributed by atoms with Crippen LogP contribution >= 0.6 is 0 Å². The van der Waals surface area contributed by atoms with Crippen LogP contribution in [-0.2, 0) is 4.74 Å². The van der Waals surface area contributed by atoms with Crippen LogP contribution in [-0.4, -0.2) is 32.7 Å². The van der Waals surface area contributed by atoms with Gasteiger partial charge in [0.25, 0.3) is 0 Å². The Hall–Kier alpha value is -1.62. The molecule has 2 rings (SSSR count). The summed E-state index contributed by atoms with van der Waals surface area (Å²) in [4.78, 5) is 12.3. The number of benzene rings is 1. The molecule has 0 heterocycles. The van der Waals surface area contributed by atoms with Crippen molar-refractivity contribution < 1.29 is 23.4 Å². The summed E-state index contributed by atoms with van der Waals surface area (Å²) in [7, 11) is 4.47. The third kappa shape index (κ3) is 2.63. The quantitative estimate of drug-likeness (QED) is 0.752. The van der Waals surface area contributed by atoms with Crippen molar-refractivity contribution in [3.05, 3.63) is 23.5 Å². The Morgan fingerprint density at radius 1 is 1.20 bits per heavy atom. The van der Waals surface area contributed by atoms with E-state index in [0.717, 1.165) is 19.3 Å². The van der Waals surface area contributed by atoms with Crippen molar-refractivity contribution in [2.24, 2.45) is 0 Å². The van der Waals surface area contributed by atoms with Crippen molar-refractivity contribution in [2.45, 2.75) is 31.3 Å². The van der Waals surface area contributed by atoms with Gasteiger partial charge in [0.05, 0.1) is 25.4 Å². The molecule has 0 aromatic heterocycles. The molecule has 0 unspecified atom stereocenters. The standard InChI is InChI=1S/C15H19FO4/c1-18-13-7-10(11(16)8-14(13)19-2)12(17)9-15(20-3)5-4-6-15/h7-8H,4-6,9H2,1-3H3. The van der Waals surface area contributed by atoms with Crippen LogP contribution in [0.15, 0.2) is 12.1 Å². The molecule has 1 aromatic carbocycles. The lowest BCUT2D eigenvalue weighted by Crippen LogP contribution is -2.41. The molecule has 0 amide bonds. The first kappa shape index (κ1) is 14.8. The highest BCUT2D eigenvalue weighted by molar-refractivity contribution is 5.97. The average molecular weight is 282 g/mol. The van der Waals surface area contributed by atoms with Crippen molar-refractivity contribution in [1.29, 1.82) is 0 Å². The van der Waals surface area contributed by atoms with Gasteiger partial charge >= 0.3 is 0 Å². The fourth-order valence-corrected chi connectivity index (χ4v) is 2.48. The fourth-order valence-electron chi connectivity index (χ4n) is 2.48. The van der Waals surface area contributed by atoms with E-state index in [1.54, 1.807) is 7.11 Å². The molecular formula is C15H19FO4. The third-order valence-corrected chi connectivity index (χ3v) is 3.95. The molecule has 4 nitrogen and oxygen atoms in total. The maximum absolute atomic E-state index is 14.0. The number of carbonyl (C=O) groups excluding carboxylic acids is 1. The molecule has 0 saturated heterocycles. The number of Topliss-reactive ketones (excluding diaryl/α,β-unsaturated/α-hetero) is 1. The smallest absolute Gasteiger partial charge is 0.168 e. The van der Waals surface area contributed by atoms with E-state index in [4.69, 9.17) is 14.2 Å². The van der Waals surface area contributed by atoms with Gasteiger partial charge in [-0.15, -0.1) is 0 Å². The highest BCUT2D eigenvalue weighted by Gasteiger charge is 2.39. The maximum atomic E-state index is 14.0. The average Bonchev–Trinajstić information content (AvgIpc) is 2.42. The van der Waals surface area contributed by atoms with Gasteiger partial charge in [0, 0.05) is 19.6 Å². The number of carbonyl (C=O) groups is 1. The van der Waals surface area contributed by atoms with Crippen molar-refractivity contribution in [1.82, 2.24) is 0 Å². The molecule has 1 aromatic rings. The molecule has 1 aliphatic rings. The summed E-state index contributed by atoms with van der Waals surface area (Å²) in [6, 6.07) is 2.56. The first-order chi connectivity index (χ1) is 9.55. The number of hydrogen-bond acceptors (Lipinski definition) is 4. The number of ether oxygens (including phenoxy) is 3. The van der Waals surface area contributed by atoms with Crippen LogP contribution < -0.4 is 9.47 Å². The van der Waals surface area contributed by atoms with Gasteiger partial charge < -0.3 is 14.2 Å². The van der Waals surface area contributed by atoms with Gasteiger partial charge in [-0.05, 0) is 25.3 Å². The molecule has 0 aliphatic heterocycles. The van der Waals surface area contributed by atoms with E-state index in [9.17, 15) is 9.18 Å². The molecule has 0 radical (unpaired) electrons. The maximum Gasteiger partial charge on any atom is 0.168 e. The lowest BCUT2D eigenvalue weighted by atomic mass is 9.75. The van der Waals surface area contributed by atoms with E-state index in [1.807, 2.05) is 0 Å². The number of ketones is 1. The summed E-state index contributed by atoms with van der Waals surface area (Å²) in [5.74, 6) is -0.257. The van der Waals surface area contributed by atoms with Gasteiger partial charge in [-0.2, -0.15) is 0 Å². The predicted octanol–water partition coefficient (Wildman–Crippen LogP) is 2.98. The molecule has 1 fully saturated rings. The van der Waals surface area contributed by atoms with E-state index in [0.29, 0.717) is 5.75 Å².